The van der Waals surface area contributed by atoms with E-state index < -0.39 is 5.54 Å². The Balaban J connectivity index is 0.000000307. The molecule has 24 heavy (non-hydrogen) atoms. The maximum Gasteiger partial charge on any atom is 0.325 e. The maximum absolute atomic E-state index is 12.2. The summed E-state index contributed by atoms with van der Waals surface area (Å²) in [5.74, 6) is 0.353. The van der Waals surface area contributed by atoms with Crippen molar-refractivity contribution in [3.63, 3.8) is 0 Å². The molecule has 0 unspecified atom stereocenters. The van der Waals surface area contributed by atoms with Crippen LogP contribution in [-0.2, 0) is 14.3 Å². The Morgan fingerprint density at radius 1 is 1.33 bits per heavy atom. The van der Waals surface area contributed by atoms with Crippen molar-refractivity contribution >= 4 is 17.9 Å². The molecule has 7 heteroatoms. The second-order valence-electron chi connectivity index (χ2n) is 7.65. The normalized spacial score (nSPS) is 26.8. The highest BCUT2D eigenvalue weighted by atomic mass is 16.6. The van der Waals surface area contributed by atoms with Gasteiger partial charge < -0.3 is 15.8 Å². The molecule has 138 valence electrons. The number of carbonyl (C=O) groups is 3. The van der Waals surface area contributed by atoms with Crippen LogP contribution in [0.3, 0.4) is 0 Å². The lowest BCUT2D eigenvalue weighted by Gasteiger charge is -2.33. The van der Waals surface area contributed by atoms with Gasteiger partial charge in [-0.05, 0) is 52.4 Å². The third-order valence-corrected chi connectivity index (χ3v) is 4.18. The molecule has 1 saturated heterocycles. The minimum absolute atomic E-state index is 0.0742. The van der Waals surface area contributed by atoms with Crippen molar-refractivity contribution in [2.24, 2.45) is 11.7 Å². The SMILES string of the molecule is CC(=O)OC(C)(C)C.CC1CCC2(CC1)NC(=O)N(CCN)C2=O. The van der Waals surface area contributed by atoms with E-state index in [0.717, 1.165) is 25.7 Å². The molecule has 2 aliphatic rings. The molecule has 1 aliphatic carbocycles. The summed E-state index contributed by atoms with van der Waals surface area (Å²) in [6.45, 7) is 9.77. The van der Waals surface area contributed by atoms with Gasteiger partial charge in [-0.3, -0.25) is 14.5 Å². The Bertz CT molecular complexity index is 477. The van der Waals surface area contributed by atoms with Crippen molar-refractivity contribution in [3.8, 4) is 0 Å². The van der Waals surface area contributed by atoms with E-state index in [4.69, 9.17) is 10.5 Å². The maximum atomic E-state index is 12.2. The Labute approximate surface area is 144 Å². The van der Waals surface area contributed by atoms with Gasteiger partial charge in [-0.1, -0.05) is 6.92 Å². The number of amides is 3. The van der Waals surface area contributed by atoms with E-state index in [9.17, 15) is 14.4 Å². The number of hydrogen-bond acceptors (Lipinski definition) is 5. The highest BCUT2D eigenvalue weighted by Gasteiger charge is 2.51. The van der Waals surface area contributed by atoms with E-state index in [1.165, 1.54) is 11.8 Å². The molecule has 2 fully saturated rings. The molecule has 7 nitrogen and oxygen atoms in total. The number of ether oxygens (including phenoxy) is 1. The molecule has 0 radical (unpaired) electrons. The average Bonchev–Trinajstić information content (AvgIpc) is 2.65. The fourth-order valence-corrected chi connectivity index (χ4v) is 3.03. The number of hydrogen-bond donors (Lipinski definition) is 2. The summed E-state index contributed by atoms with van der Waals surface area (Å²) in [6, 6.07) is -0.273. The van der Waals surface area contributed by atoms with E-state index in [0.29, 0.717) is 19.0 Å². The van der Waals surface area contributed by atoms with Crippen LogP contribution in [0.25, 0.3) is 0 Å². The van der Waals surface area contributed by atoms with E-state index in [-0.39, 0.29) is 23.5 Å². The highest BCUT2D eigenvalue weighted by Crippen LogP contribution is 2.36. The van der Waals surface area contributed by atoms with Crippen LogP contribution in [-0.4, -0.2) is 47.0 Å². The zero-order valence-corrected chi connectivity index (χ0v) is 15.5. The zero-order valence-electron chi connectivity index (χ0n) is 15.5. The van der Waals surface area contributed by atoms with Crippen LogP contribution in [0, 0.1) is 5.92 Å². The molecule has 0 aromatic heterocycles. The summed E-state index contributed by atoms with van der Waals surface area (Å²) in [5, 5.41) is 2.86. The number of rotatable bonds is 2. The number of urea groups is 1. The van der Waals surface area contributed by atoms with E-state index in [2.05, 4.69) is 12.2 Å². The first kappa shape index (κ1) is 20.4. The van der Waals surface area contributed by atoms with Gasteiger partial charge in [0.1, 0.15) is 11.1 Å². The van der Waals surface area contributed by atoms with Crippen molar-refractivity contribution in [1.82, 2.24) is 10.2 Å². The first-order valence-corrected chi connectivity index (χ1v) is 8.54. The highest BCUT2D eigenvalue weighted by molar-refractivity contribution is 6.07. The minimum Gasteiger partial charge on any atom is -0.460 e. The Morgan fingerprint density at radius 2 is 1.88 bits per heavy atom. The number of imide groups is 1. The van der Waals surface area contributed by atoms with Crippen LogP contribution >= 0.6 is 0 Å². The second-order valence-corrected chi connectivity index (χ2v) is 7.65. The molecule has 1 heterocycles. The molecule has 1 aliphatic heterocycles. The zero-order chi connectivity index (χ0) is 18.5. The first-order chi connectivity index (χ1) is 11.0. The largest absolute Gasteiger partial charge is 0.460 e. The number of nitrogens with zero attached hydrogens (tertiary/aromatic N) is 1. The fourth-order valence-electron chi connectivity index (χ4n) is 3.03. The smallest absolute Gasteiger partial charge is 0.325 e. The van der Waals surface area contributed by atoms with Crippen LogP contribution in [0.2, 0.25) is 0 Å². The van der Waals surface area contributed by atoms with E-state index in [1.54, 1.807) is 0 Å². The molecule has 0 aromatic carbocycles. The van der Waals surface area contributed by atoms with Gasteiger partial charge in [0.2, 0.25) is 0 Å². The van der Waals surface area contributed by atoms with Crippen LogP contribution < -0.4 is 11.1 Å². The van der Waals surface area contributed by atoms with Crippen LogP contribution in [0.1, 0.15) is 60.3 Å². The van der Waals surface area contributed by atoms with Gasteiger partial charge in [0.15, 0.2) is 0 Å². The quantitative estimate of drug-likeness (QED) is 0.589. The second kappa shape index (κ2) is 7.96. The predicted octanol–water partition coefficient (Wildman–Crippen LogP) is 1.79. The molecule has 1 saturated carbocycles. The predicted molar refractivity (Wildman–Crippen MR) is 91.2 cm³/mol. The topological polar surface area (TPSA) is 102 Å². The third-order valence-electron chi connectivity index (χ3n) is 4.18. The minimum atomic E-state index is -0.612. The molecule has 0 bridgehead atoms. The van der Waals surface area contributed by atoms with Gasteiger partial charge >= 0.3 is 12.0 Å². The van der Waals surface area contributed by atoms with Crippen molar-refractivity contribution < 1.29 is 19.1 Å². The average molecular weight is 341 g/mol. The Kier molecular flexibility index (Phi) is 6.77. The lowest BCUT2D eigenvalue weighted by atomic mass is 9.77. The lowest BCUT2D eigenvalue weighted by Crippen LogP contribution is -2.49. The fraction of sp³-hybridized carbons (Fsp3) is 0.824. The monoisotopic (exact) mass is 341 g/mol. The molecular weight excluding hydrogens is 310 g/mol. The van der Waals surface area contributed by atoms with Gasteiger partial charge in [0.05, 0.1) is 0 Å². The lowest BCUT2D eigenvalue weighted by molar-refractivity contribution is -0.151. The molecule has 3 amide bonds. The van der Waals surface area contributed by atoms with Crippen molar-refractivity contribution in [1.29, 1.82) is 0 Å². The van der Waals surface area contributed by atoms with E-state index in [1.807, 2.05) is 20.8 Å². The summed E-state index contributed by atoms with van der Waals surface area (Å²) in [5.41, 5.74) is 4.46. The number of nitrogens with two attached hydrogens (primary N) is 1. The molecule has 3 N–H and O–H groups in total. The van der Waals surface area contributed by atoms with Gasteiger partial charge in [0, 0.05) is 20.0 Å². The molecule has 2 rings (SSSR count). The van der Waals surface area contributed by atoms with Gasteiger partial charge in [-0.2, -0.15) is 0 Å². The van der Waals surface area contributed by atoms with Gasteiger partial charge in [-0.25, -0.2) is 4.79 Å². The third kappa shape index (κ3) is 5.47. The number of carbonyl (C=O) groups excluding carboxylic acids is 3. The summed E-state index contributed by atoms with van der Waals surface area (Å²) in [6.07, 6.45) is 3.53. The molecule has 1 spiro atoms. The van der Waals surface area contributed by atoms with Crippen molar-refractivity contribution in [2.45, 2.75) is 71.4 Å². The summed E-state index contributed by atoms with van der Waals surface area (Å²) < 4.78 is 4.80. The Hall–Kier alpha value is -1.63. The molecule has 0 aromatic rings. The van der Waals surface area contributed by atoms with Crippen molar-refractivity contribution in [3.05, 3.63) is 0 Å². The standard InChI is InChI=1S/C11H19N3O2.C6H12O2/c1-8-2-4-11(5-3-8)9(15)14(7-6-12)10(16)13-11;1-5(7)8-6(2,3)4/h8H,2-7,12H2,1H3,(H,13,16);1-4H3. The molecular formula is C17H31N3O4. The Morgan fingerprint density at radius 3 is 2.25 bits per heavy atom. The van der Waals surface area contributed by atoms with Crippen LogP contribution in [0.4, 0.5) is 4.79 Å². The van der Waals surface area contributed by atoms with E-state index >= 15 is 0 Å². The van der Waals surface area contributed by atoms with Crippen LogP contribution in [0.5, 0.6) is 0 Å². The summed E-state index contributed by atoms with van der Waals surface area (Å²) >= 11 is 0. The number of esters is 1. The first-order valence-electron chi connectivity index (χ1n) is 8.54. The summed E-state index contributed by atoms with van der Waals surface area (Å²) in [7, 11) is 0. The van der Waals surface area contributed by atoms with Crippen LogP contribution in [0.15, 0.2) is 0 Å². The molecule has 0 atom stereocenters. The number of nitrogens with one attached hydrogen (secondary N) is 1. The van der Waals surface area contributed by atoms with Gasteiger partial charge in [-0.15, -0.1) is 0 Å². The summed E-state index contributed by atoms with van der Waals surface area (Å²) in [4.78, 5) is 35.3. The van der Waals surface area contributed by atoms with Gasteiger partial charge in [0.25, 0.3) is 5.91 Å². The van der Waals surface area contributed by atoms with Crippen molar-refractivity contribution in [2.75, 3.05) is 13.1 Å².